The number of rotatable bonds is 5. The van der Waals surface area contributed by atoms with Crippen molar-refractivity contribution in [3.05, 3.63) is 29.8 Å². The fourth-order valence-corrected chi connectivity index (χ4v) is 1.86. The fourth-order valence-electron chi connectivity index (χ4n) is 1.86. The van der Waals surface area contributed by atoms with E-state index < -0.39 is 0 Å². The van der Waals surface area contributed by atoms with Crippen molar-refractivity contribution in [1.82, 2.24) is 0 Å². The normalized spacial score (nSPS) is 10.7. The third-order valence-corrected chi connectivity index (χ3v) is 2.61. The zero-order chi connectivity index (χ0) is 11.3. The molecule has 0 saturated heterocycles. The van der Waals surface area contributed by atoms with Gasteiger partial charge in [0.05, 0.1) is 0 Å². The summed E-state index contributed by atoms with van der Waals surface area (Å²) >= 11 is 0. The third kappa shape index (κ3) is 2.96. The van der Waals surface area contributed by atoms with Crippen molar-refractivity contribution in [2.45, 2.75) is 39.8 Å². The van der Waals surface area contributed by atoms with E-state index in [2.05, 4.69) is 49.9 Å². The van der Waals surface area contributed by atoms with Crippen LogP contribution in [0.1, 0.15) is 32.8 Å². The third-order valence-electron chi connectivity index (χ3n) is 2.61. The smallest absolute Gasteiger partial charge is 0.0414 e. The molecule has 0 bridgehead atoms. The molecule has 1 aromatic carbocycles. The molecular weight excluding hydrogens is 184 g/mol. The van der Waals surface area contributed by atoms with Gasteiger partial charge < -0.3 is 10.6 Å². The zero-order valence-electron chi connectivity index (χ0n) is 10.0. The first-order valence-electron chi connectivity index (χ1n) is 5.75. The number of para-hydroxylation sites is 1. The molecule has 0 fully saturated rings. The standard InChI is InChI=1S/C13H22N2/c1-4-9-15(11(2)3)13-8-6-5-7-12(13)10-14/h5-8,11H,4,9-10,14H2,1-3H3. The van der Waals surface area contributed by atoms with Crippen LogP contribution in [0.5, 0.6) is 0 Å². The molecule has 0 heterocycles. The highest BCUT2D eigenvalue weighted by molar-refractivity contribution is 5.54. The van der Waals surface area contributed by atoms with Crippen molar-refractivity contribution < 1.29 is 0 Å². The van der Waals surface area contributed by atoms with Crippen LogP contribution in [-0.2, 0) is 6.54 Å². The molecule has 0 amide bonds. The SMILES string of the molecule is CCCN(c1ccccc1CN)C(C)C. The summed E-state index contributed by atoms with van der Waals surface area (Å²) in [7, 11) is 0. The molecule has 2 nitrogen and oxygen atoms in total. The molecule has 2 heteroatoms. The van der Waals surface area contributed by atoms with Crippen LogP contribution in [0.2, 0.25) is 0 Å². The minimum Gasteiger partial charge on any atom is -0.369 e. The Balaban J connectivity index is 2.98. The van der Waals surface area contributed by atoms with Crippen LogP contribution in [0.15, 0.2) is 24.3 Å². The quantitative estimate of drug-likeness (QED) is 0.802. The lowest BCUT2D eigenvalue weighted by atomic mass is 10.1. The van der Waals surface area contributed by atoms with Crippen LogP contribution in [-0.4, -0.2) is 12.6 Å². The van der Waals surface area contributed by atoms with Crippen LogP contribution >= 0.6 is 0 Å². The average molecular weight is 206 g/mol. The summed E-state index contributed by atoms with van der Waals surface area (Å²) in [5.74, 6) is 0. The Morgan fingerprint density at radius 3 is 2.47 bits per heavy atom. The number of hydrogen-bond donors (Lipinski definition) is 1. The Hall–Kier alpha value is -1.02. The molecule has 0 radical (unpaired) electrons. The summed E-state index contributed by atoms with van der Waals surface area (Å²) in [6.07, 6.45) is 1.16. The average Bonchev–Trinajstić information content (AvgIpc) is 2.25. The van der Waals surface area contributed by atoms with Gasteiger partial charge in [-0.2, -0.15) is 0 Å². The van der Waals surface area contributed by atoms with E-state index in [1.807, 2.05) is 0 Å². The van der Waals surface area contributed by atoms with Gasteiger partial charge >= 0.3 is 0 Å². The van der Waals surface area contributed by atoms with Gasteiger partial charge in [0.25, 0.3) is 0 Å². The van der Waals surface area contributed by atoms with Gasteiger partial charge in [0, 0.05) is 24.8 Å². The van der Waals surface area contributed by atoms with Gasteiger partial charge in [-0.05, 0) is 31.9 Å². The molecule has 0 spiro atoms. The van der Waals surface area contributed by atoms with Crippen LogP contribution in [0.25, 0.3) is 0 Å². The number of anilines is 1. The van der Waals surface area contributed by atoms with E-state index in [1.165, 1.54) is 11.3 Å². The Morgan fingerprint density at radius 1 is 1.27 bits per heavy atom. The van der Waals surface area contributed by atoms with Crippen molar-refractivity contribution in [1.29, 1.82) is 0 Å². The van der Waals surface area contributed by atoms with E-state index in [9.17, 15) is 0 Å². The van der Waals surface area contributed by atoms with Crippen molar-refractivity contribution in [2.75, 3.05) is 11.4 Å². The van der Waals surface area contributed by atoms with Gasteiger partial charge in [0.1, 0.15) is 0 Å². The van der Waals surface area contributed by atoms with Gasteiger partial charge in [0.2, 0.25) is 0 Å². The van der Waals surface area contributed by atoms with Gasteiger partial charge in [-0.25, -0.2) is 0 Å². The summed E-state index contributed by atoms with van der Waals surface area (Å²) in [6.45, 7) is 8.37. The number of nitrogens with two attached hydrogens (primary N) is 1. The molecule has 15 heavy (non-hydrogen) atoms. The molecule has 0 aliphatic carbocycles. The minimum absolute atomic E-state index is 0.526. The fraction of sp³-hybridized carbons (Fsp3) is 0.538. The van der Waals surface area contributed by atoms with E-state index in [0.29, 0.717) is 12.6 Å². The van der Waals surface area contributed by atoms with Gasteiger partial charge in [-0.15, -0.1) is 0 Å². The lowest BCUT2D eigenvalue weighted by molar-refractivity contribution is 0.667. The topological polar surface area (TPSA) is 29.3 Å². The highest BCUT2D eigenvalue weighted by Gasteiger charge is 2.11. The predicted octanol–water partition coefficient (Wildman–Crippen LogP) is 2.77. The molecule has 2 N–H and O–H groups in total. The number of nitrogens with zero attached hydrogens (tertiary/aromatic N) is 1. The maximum absolute atomic E-state index is 5.76. The van der Waals surface area contributed by atoms with Gasteiger partial charge in [-0.3, -0.25) is 0 Å². The maximum atomic E-state index is 5.76. The monoisotopic (exact) mass is 206 g/mol. The minimum atomic E-state index is 0.526. The molecule has 1 rings (SSSR count). The van der Waals surface area contributed by atoms with E-state index >= 15 is 0 Å². The van der Waals surface area contributed by atoms with E-state index in [4.69, 9.17) is 5.73 Å². The lowest BCUT2D eigenvalue weighted by Crippen LogP contribution is -2.32. The highest BCUT2D eigenvalue weighted by atomic mass is 15.1. The Labute approximate surface area is 93.1 Å². The van der Waals surface area contributed by atoms with E-state index in [0.717, 1.165) is 13.0 Å². The molecule has 0 atom stereocenters. The first-order chi connectivity index (χ1) is 7.20. The molecule has 0 aliphatic heterocycles. The molecule has 84 valence electrons. The van der Waals surface area contributed by atoms with Crippen LogP contribution in [0.3, 0.4) is 0 Å². The van der Waals surface area contributed by atoms with Crippen molar-refractivity contribution in [3.8, 4) is 0 Å². The first-order valence-corrected chi connectivity index (χ1v) is 5.75. The number of hydrogen-bond acceptors (Lipinski definition) is 2. The lowest BCUT2D eigenvalue weighted by Gasteiger charge is -2.30. The first kappa shape index (κ1) is 12.1. The number of benzene rings is 1. The molecular formula is C13H22N2. The Morgan fingerprint density at radius 2 is 1.93 bits per heavy atom. The summed E-state index contributed by atoms with van der Waals surface area (Å²) in [4.78, 5) is 2.42. The largest absolute Gasteiger partial charge is 0.369 e. The Bertz CT molecular complexity index is 294. The zero-order valence-corrected chi connectivity index (χ0v) is 10.0. The maximum Gasteiger partial charge on any atom is 0.0414 e. The second kappa shape index (κ2) is 5.76. The van der Waals surface area contributed by atoms with E-state index in [1.54, 1.807) is 0 Å². The van der Waals surface area contributed by atoms with Crippen LogP contribution < -0.4 is 10.6 Å². The molecule has 1 aromatic rings. The Kier molecular flexibility index (Phi) is 4.63. The van der Waals surface area contributed by atoms with Crippen molar-refractivity contribution in [2.24, 2.45) is 5.73 Å². The highest BCUT2D eigenvalue weighted by Crippen LogP contribution is 2.22. The van der Waals surface area contributed by atoms with Crippen LogP contribution in [0.4, 0.5) is 5.69 Å². The second-order valence-corrected chi connectivity index (χ2v) is 4.12. The molecule has 0 unspecified atom stereocenters. The van der Waals surface area contributed by atoms with Crippen LogP contribution in [0, 0.1) is 0 Å². The second-order valence-electron chi connectivity index (χ2n) is 4.12. The summed E-state index contributed by atoms with van der Waals surface area (Å²) < 4.78 is 0. The van der Waals surface area contributed by atoms with Crippen molar-refractivity contribution in [3.63, 3.8) is 0 Å². The molecule has 0 saturated carbocycles. The predicted molar refractivity (Wildman–Crippen MR) is 67.1 cm³/mol. The van der Waals surface area contributed by atoms with Gasteiger partial charge in [-0.1, -0.05) is 25.1 Å². The van der Waals surface area contributed by atoms with Crippen molar-refractivity contribution >= 4 is 5.69 Å². The summed E-state index contributed by atoms with van der Waals surface area (Å²) in [5.41, 5.74) is 8.28. The molecule has 0 aliphatic rings. The summed E-state index contributed by atoms with van der Waals surface area (Å²) in [5, 5.41) is 0. The summed E-state index contributed by atoms with van der Waals surface area (Å²) in [6, 6.07) is 8.94. The van der Waals surface area contributed by atoms with E-state index in [-0.39, 0.29) is 0 Å². The molecule has 0 aromatic heterocycles. The van der Waals surface area contributed by atoms with Gasteiger partial charge in [0.15, 0.2) is 0 Å².